The summed E-state index contributed by atoms with van der Waals surface area (Å²) in [6.45, 7) is 44.7. The summed E-state index contributed by atoms with van der Waals surface area (Å²) in [6, 6.07) is 52.1. The third-order valence-corrected chi connectivity index (χ3v) is 25.4. The van der Waals surface area contributed by atoms with E-state index in [4.69, 9.17) is 0 Å². The SMILES string of the molecule is CC1(C)c2cccc3c2N2c4c1cc(Br)cc4C(C)(C)c1cc(-c4cc5c6c(c4)C(C)(C)c4cc(-c7cc8c9c(c7)C(C)(C)c7cc(Br)cc%10c7N9c7c(cccc7C8(C)C)C%10(C)C)cc7c4N6c4c(cccc4C7(C)C)C5(C)C)cc(c12)C3(C)C. The Kier molecular flexibility index (Phi) is 9.19. The molecule has 0 atom stereocenters. The number of nitrogens with zero attached hydrogens (tertiary/aromatic N) is 3. The van der Waals surface area contributed by atoms with Crippen molar-refractivity contribution >= 4 is 83.0 Å². The van der Waals surface area contributed by atoms with Gasteiger partial charge in [0, 0.05) is 57.7 Å². The molecule has 9 aromatic rings. The van der Waals surface area contributed by atoms with E-state index in [0.29, 0.717) is 0 Å². The first-order valence-electron chi connectivity index (χ1n) is 31.6. The van der Waals surface area contributed by atoms with Crippen molar-refractivity contribution in [3.05, 3.63) is 236 Å². The highest BCUT2D eigenvalue weighted by Crippen LogP contribution is 2.72. The molecule has 86 heavy (non-hydrogen) atoms. The van der Waals surface area contributed by atoms with Gasteiger partial charge in [-0.3, -0.25) is 0 Å². The van der Waals surface area contributed by atoms with Gasteiger partial charge in [-0.05, 0) is 195 Å². The van der Waals surface area contributed by atoms with Gasteiger partial charge in [0.25, 0.3) is 0 Å². The highest BCUT2D eigenvalue weighted by molar-refractivity contribution is 9.10. The maximum Gasteiger partial charge on any atom is 0.0544 e. The maximum atomic E-state index is 4.07. The van der Waals surface area contributed by atoms with Crippen molar-refractivity contribution in [3.63, 3.8) is 0 Å². The number of rotatable bonds is 2. The Morgan fingerprint density at radius 1 is 0.198 bits per heavy atom. The van der Waals surface area contributed by atoms with Crippen LogP contribution in [0, 0.1) is 0 Å². The minimum absolute atomic E-state index is 0.173. The summed E-state index contributed by atoms with van der Waals surface area (Å²) in [7, 11) is 0. The van der Waals surface area contributed by atoms with E-state index in [2.05, 4.69) is 299 Å². The summed E-state index contributed by atoms with van der Waals surface area (Å²) in [5, 5.41) is 0. The summed E-state index contributed by atoms with van der Waals surface area (Å²) in [5.41, 5.74) is 40.3. The Labute approximate surface area is 526 Å². The number of anilines is 9. The minimum Gasteiger partial charge on any atom is -0.309 e. The van der Waals surface area contributed by atoms with Gasteiger partial charge in [0.05, 0.1) is 51.2 Å². The fourth-order valence-electron chi connectivity index (χ4n) is 19.3. The molecule has 0 saturated heterocycles. The van der Waals surface area contributed by atoms with E-state index in [1.54, 1.807) is 0 Å². The van der Waals surface area contributed by atoms with Crippen LogP contribution in [0.1, 0.15) is 225 Å². The number of para-hydroxylation sites is 3. The molecule has 0 fully saturated rings. The maximum absolute atomic E-state index is 4.07. The van der Waals surface area contributed by atoms with E-state index in [0.717, 1.165) is 8.95 Å². The number of hydrogen-bond donors (Lipinski definition) is 0. The van der Waals surface area contributed by atoms with Crippen LogP contribution in [0.3, 0.4) is 0 Å². The van der Waals surface area contributed by atoms with Crippen LogP contribution in [0.4, 0.5) is 51.2 Å². The molecular formula is C81H75Br2N3. The molecule has 5 heteroatoms. The van der Waals surface area contributed by atoms with Gasteiger partial charge in [-0.25, -0.2) is 0 Å². The van der Waals surface area contributed by atoms with Crippen LogP contribution in [0.2, 0.25) is 0 Å². The van der Waals surface area contributed by atoms with Gasteiger partial charge in [0.1, 0.15) is 0 Å². The lowest BCUT2D eigenvalue weighted by molar-refractivity contribution is 0.565. The quantitative estimate of drug-likeness (QED) is 0.171. The topological polar surface area (TPSA) is 9.72 Å². The summed E-state index contributed by atoms with van der Waals surface area (Å²) in [5.74, 6) is 0. The second-order valence-electron chi connectivity index (χ2n) is 32.1. The predicted molar refractivity (Wildman–Crippen MR) is 366 cm³/mol. The lowest BCUT2D eigenvalue weighted by atomic mass is 9.59. The van der Waals surface area contributed by atoms with Crippen molar-refractivity contribution in [3.8, 4) is 22.3 Å². The highest BCUT2D eigenvalue weighted by atomic mass is 79.9. The van der Waals surface area contributed by atoms with E-state index >= 15 is 0 Å². The molecule has 0 spiro atoms. The zero-order valence-corrected chi connectivity index (χ0v) is 56.4. The average Bonchev–Trinajstić information content (AvgIpc) is 0.682. The van der Waals surface area contributed by atoms with Crippen molar-refractivity contribution < 1.29 is 0 Å². The molecule has 0 unspecified atom stereocenters. The number of hydrogen-bond acceptors (Lipinski definition) is 3. The lowest BCUT2D eigenvalue weighted by Gasteiger charge is -2.55. The van der Waals surface area contributed by atoms with Crippen LogP contribution >= 0.6 is 31.9 Å². The van der Waals surface area contributed by atoms with Crippen LogP contribution in [-0.2, 0) is 48.7 Å². The second-order valence-corrected chi connectivity index (χ2v) is 33.9. The minimum atomic E-state index is -0.385. The summed E-state index contributed by atoms with van der Waals surface area (Å²) >= 11 is 8.14. The first-order chi connectivity index (χ1) is 40.3. The molecule has 0 aromatic heterocycles. The molecule has 0 radical (unpaired) electrons. The van der Waals surface area contributed by atoms with Crippen molar-refractivity contribution in [2.75, 3.05) is 14.7 Å². The van der Waals surface area contributed by atoms with E-state index < -0.39 is 0 Å². The molecule has 0 amide bonds. The molecule has 0 saturated carbocycles. The molecule has 9 aliphatic heterocycles. The zero-order chi connectivity index (χ0) is 60.1. The van der Waals surface area contributed by atoms with E-state index in [1.807, 2.05) is 0 Å². The molecular weight excluding hydrogens is 1170 g/mol. The first-order valence-corrected chi connectivity index (χ1v) is 33.1. The first kappa shape index (κ1) is 52.5. The standard InChI is InChI=1S/C81H75Br2N3/c1-73(2)46-22-19-23-47-64(46)84-67-52(73)28-40(42-30-54-69-58(34-42)80(15,16)62-38-44(82)36-60-71(62)85(69)65-48(75(54,5)6)24-20-26-50(65)77(60,9)10)32-56(67)79(13,14)57-33-41(29-53(68(57)84)74(47,3)4)43-31-55-70-59(35-43)81(17,18)63-39-45(83)37-61-72(63)86(70)66-49(76(55,7)8)25-21-27-51(66)78(61,11)12/h19-39H,1-18H3. The van der Waals surface area contributed by atoms with E-state index in [-0.39, 0.29) is 48.7 Å². The molecule has 18 rings (SSSR count). The van der Waals surface area contributed by atoms with E-state index in [1.165, 1.54) is 174 Å². The third-order valence-electron chi connectivity index (χ3n) is 24.5. The molecule has 3 nitrogen and oxygen atoms in total. The van der Waals surface area contributed by atoms with Crippen LogP contribution in [0.5, 0.6) is 0 Å². The van der Waals surface area contributed by atoms with Crippen LogP contribution in [-0.4, -0.2) is 0 Å². The molecule has 0 N–H and O–H groups in total. The Balaban J connectivity index is 0.885. The number of benzene rings is 9. The monoisotopic (exact) mass is 1250 g/mol. The fraction of sp³-hybridized carbons (Fsp3) is 0.333. The smallest absolute Gasteiger partial charge is 0.0544 e. The Hall–Kier alpha value is -6.66. The van der Waals surface area contributed by atoms with Crippen molar-refractivity contribution in [1.82, 2.24) is 0 Å². The highest BCUT2D eigenvalue weighted by Gasteiger charge is 2.57. The molecule has 0 aliphatic carbocycles. The second kappa shape index (κ2) is 15.1. The molecule has 428 valence electrons. The van der Waals surface area contributed by atoms with Crippen molar-refractivity contribution in [2.24, 2.45) is 0 Å². The zero-order valence-electron chi connectivity index (χ0n) is 53.2. The fourth-order valence-corrected chi connectivity index (χ4v) is 20.2. The number of halogens is 2. The Morgan fingerprint density at radius 2 is 0.326 bits per heavy atom. The summed E-state index contributed by atoms with van der Waals surface area (Å²) < 4.78 is 2.29. The molecule has 9 heterocycles. The third kappa shape index (κ3) is 5.61. The van der Waals surface area contributed by atoms with E-state index in [9.17, 15) is 0 Å². The largest absolute Gasteiger partial charge is 0.309 e. The average molecular weight is 1250 g/mol. The van der Waals surface area contributed by atoms with Crippen LogP contribution in [0.15, 0.2) is 136 Å². The Morgan fingerprint density at radius 3 is 0.488 bits per heavy atom. The summed E-state index contributed by atoms with van der Waals surface area (Å²) in [4.78, 5) is 8.17. The Bertz CT molecular complexity index is 4540. The summed E-state index contributed by atoms with van der Waals surface area (Å²) in [6.07, 6.45) is 0. The van der Waals surface area contributed by atoms with Crippen molar-refractivity contribution in [2.45, 2.75) is 173 Å². The predicted octanol–water partition coefficient (Wildman–Crippen LogP) is 22.7. The van der Waals surface area contributed by atoms with Gasteiger partial charge >= 0.3 is 0 Å². The normalized spacial score (nSPS) is 20.9. The lowest BCUT2D eigenvalue weighted by Crippen LogP contribution is -2.44. The van der Waals surface area contributed by atoms with Gasteiger partial charge in [0.2, 0.25) is 0 Å². The van der Waals surface area contributed by atoms with Crippen LogP contribution < -0.4 is 14.7 Å². The van der Waals surface area contributed by atoms with Gasteiger partial charge in [0.15, 0.2) is 0 Å². The van der Waals surface area contributed by atoms with Gasteiger partial charge in [-0.15, -0.1) is 0 Å². The van der Waals surface area contributed by atoms with Gasteiger partial charge in [-0.1, -0.05) is 211 Å². The molecule has 9 aliphatic rings. The molecule has 0 bridgehead atoms. The van der Waals surface area contributed by atoms with Crippen LogP contribution in [0.25, 0.3) is 22.3 Å². The van der Waals surface area contributed by atoms with Gasteiger partial charge < -0.3 is 14.7 Å². The van der Waals surface area contributed by atoms with Crippen molar-refractivity contribution in [1.29, 1.82) is 0 Å². The van der Waals surface area contributed by atoms with Gasteiger partial charge in [-0.2, -0.15) is 0 Å². The molecule has 9 aromatic carbocycles.